The van der Waals surface area contributed by atoms with E-state index in [2.05, 4.69) is 14.5 Å². The lowest BCUT2D eigenvalue weighted by Crippen LogP contribution is -2.60. The summed E-state index contributed by atoms with van der Waals surface area (Å²) in [7, 11) is -4.04. The standard InChI is InChI=1S/C40H53ClN4O7S/c1-27-6-5-14-40(48,22-38(46)45-17-16-43-18-19-51-26-34(43)24-45)35-12-9-31(35)23-44-15-4-3-7-29-20-33(41)11-8-32(29)25-52-37-13-10-30(21-36(37)44)39(47)42-53(49,50)28(27)2/h5,8,10-11,13-14,20-21,27-28,31,34-35,48H,3-4,6-7,9,12,15-19,22-26H2,1-2H3,(H,42,47)/b14-5+/t27-,28+,31-,34+,35+,40+/m0/s1. The molecule has 4 heterocycles. The van der Waals surface area contributed by atoms with Crippen LogP contribution in [0.5, 0.6) is 5.75 Å². The van der Waals surface area contributed by atoms with Crippen LogP contribution >= 0.6 is 11.6 Å². The van der Waals surface area contributed by atoms with Crippen molar-refractivity contribution in [3.63, 3.8) is 0 Å². The number of carbonyl (C=O) groups excluding carboxylic acids is 2. The number of sulfonamides is 1. The van der Waals surface area contributed by atoms with Crippen molar-refractivity contribution in [3.8, 4) is 5.75 Å². The summed E-state index contributed by atoms with van der Waals surface area (Å²) in [4.78, 5) is 34.1. The molecule has 11 nitrogen and oxygen atoms in total. The monoisotopic (exact) mass is 768 g/mol. The van der Waals surface area contributed by atoms with Gasteiger partial charge in [0.05, 0.1) is 42.2 Å². The molecular formula is C40H53ClN4O7S. The number of halogens is 1. The number of nitrogens with zero attached hydrogens (tertiary/aromatic N) is 3. The highest BCUT2D eigenvalue weighted by molar-refractivity contribution is 7.90. The average molecular weight is 769 g/mol. The average Bonchev–Trinajstić information content (AvgIpc) is 3.15. The van der Waals surface area contributed by atoms with E-state index in [-0.39, 0.29) is 41.7 Å². The van der Waals surface area contributed by atoms with E-state index in [0.29, 0.717) is 68.9 Å². The predicted octanol–water partition coefficient (Wildman–Crippen LogP) is 4.80. The number of amides is 2. The Balaban J connectivity index is 1.22. The first kappa shape index (κ1) is 38.1. The summed E-state index contributed by atoms with van der Waals surface area (Å²) in [6, 6.07) is 11.1. The van der Waals surface area contributed by atoms with E-state index in [9.17, 15) is 23.1 Å². The molecule has 2 amide bonds. The zero-order valence-electron chi connectivity index (χ0n) is 30.8. The molecule has 2 N–H and O–H groups in total. The third-order valence-corrected chi connectivity index (χ3v) is 14.6. The van der Waals surface area contributed by atoms with E-state index < -0.39 is 26.8 Å². The van der Waals surface area contributed by atoms with E-state index >= 15 is 0 Å². The van der Waals surface area contributed by atoms with Gasteiger partial charge in [-0.3, -0.25) is 14.5 Å². The Labute approximate surface area is 318 Å². The number of carbonyl (C=O) groups is 2. The van der Waals surface area contributed by atoms with Crippen LogP contribution in [0.1, 0.15) is 73.9 Å². The molecule has 5 aliphatic rings. The minimum Gasteiger partial charge on any atom is -0.487 e. The molecular weight excluding hydrogens is 716 g/mol. The summed E-state index contributed by atoms with van der Waals surface area (Å²) in [6.45, 7) is 9.13. The van der Waals surface area contributed by atoms with Crippen LogP contribution in [0.2, 0.25) is 5.02 Å². The van der Waals surface area contributed by atoms with Gasteiger partial charge in [0.2, 0.25) is 15.9 Å². The van der Waals surface area contributed by atoms with Crippen LogP contribution < -0.4 is 14.4 Å². The number of fused-ring (bicyclic) bond motifs is 4. The van der Waals surface area contributed by atoms with Gasteiger partial charge in [0.15, 0.2) is 0 Å². The summed E-state index contributed by atoms with van der Waals surface area (Å²) in [5.74, 6) is -0.660. The molecule has 4 aliphatic heterocycles. The number of nitrogens with one attached hydrogen (secondary N) is 1. The lowest BCUT2D eigenvalue weighted by atomic mass is 9.63. The number of hydrogen-bond acceptors (Lipinski definition) is 9. The zero-order valence-corrected chi connectivity index (χ0v) is 32.4. The molecule has 288 valence electrons. The van der Waals surface area contributed by atoms with Crippen LogP contribution in [0.15, 0.2) is 48.6 Å². The molecule has 6 atom stereocenters. The molecule has 53 heavy (non-hydrogen) atoms. The van der Waals surface area contributed by atoms with Crippen LogP contribution in [-0.2, 0) is 32.6 Å². The highest BCUT2D eigenvalue weighted by Gasteiger charge is 2.48. The van der Waals surface area contributed by atoms with Crippen molar-refractivity contribution >= 4 is 39.1 Å². The van der Waals surface area contributed by atoms with Gasteiger partial charge in [-0.05, 0) is 105 Å². The van der Waals surface area contributed by atoms with Crippen molar-refractivity contribution in [2.24, 2.45) is 17.8 Å². The third-order valence-electron chi connectivity index (χ3n) is 12.4. The Morgan fingerprint density at radius 1 is 1.04 bits per heavy atom. The first-order valence-corrected chi connectivity index (χ1v) is 21.2. The summed E-state index contributed by atoms with van der Waals surface area (Å²) < 4.78 is 41.5. The van der Waals surface area contributed by atoms with E-state index in [1.165, 1.54) is 0 Å². The Morgan fingerprint density at radius 2 is 1.89 bits per heavy atom. The fourth-order valence-corrected chi connectivity index (χ4v) is 10.2. The normalized spacial score (nSPS) is 31.6. The van der Waals surface area contributed by atoms with Crippen molar-refractivity contribution in [1.29, 1.82) is 0 Å². The topological polar surface area (TPSA) is 129 Å². The minimum atomic E-state index is -4.04. The second-order valence-corrected chi connectivity index (χ2v) is 18.3. The molecule has 3 fully saturated rings. The molecule has 0 radical (unpaired) electrons. The lowest BCUT2D eigenvalue weighted by Gasteiger charge is -2.49. The highest BCUT2D eigenvalue weighted by atomic mass is 35.5. The number of ether oxygens (including phenoxy) is 2. The molecule has 2 bridgehead atoms. The number of piperazine rings is 1. The Kier molecular flexibility index (Phi) is 11.4. The molecule has 2 aromatic rings. The number of benzene rings is 2. The minimum absolute atomic E-state index is 0.0405. The van der Waals surface area contributed by atoms with Crippen molar-refractivity contribution < 1.29 is 32.6 Å². The van der Waals surface area contributed by atoms with E-state index in [4.69, 9.17) is 21.1 Å². The van der Waals surface area contributed by atoms with Gasteiger partial charge in [-0.1, -0.05) is 36.7 Å². The smallest absolute Gasteiger partial charge is 0.264 e. The molecule has 0 spiro atoms. The number of aryl methyl sites for hydroxylation is 1. The van der Waals surface area contributed by atoms with Crippen LogP contribution in [0.4, 0.5) is 5.69 Å². The maximum Gasteiger partial charge on any atom is 0.264 e. The second kappa shape index (κ2) is 15.9. The van der Waals surface area contributed by atoms with E-state index in [1.54, 1.807) is 31.2 Å². The quantitative estimate of drug-likeness (QED) is 0.415. The van der Waals surface area contributed by atoms with E-state index in [0.717, 1.165) is 56.3 Å². The number of rotatable bonds is 2. The van der Waals surface area contributed by atoms with Gasteiger partial charge in [0.25, 0.3) is 5.91 Å². The highest BCUT2D eigenvalue weighted by Crippen LogP contribution is 2.46. The first-order chi connectivity index (χ1) is 25.4. The number of morpholine rings is 1. The Morgan fingerprint density at radius 3 is 2.70 bits per heavy atom. The molecule has 0 aromatic heterocycles. The fourth-order valence-electron chi connectivity index (χ4n) is 8.71. The fraction of sp³-hybridized carbons (Fsp3) is 0.600. The van der Waals surface area contributed by atoms with Crippen molar-refractivity contribution in [1.82, 2.24) is 14.5 Å². The maximum atomic E-state index is 14.0. The number of aliphatic hydroxyl groups is 1. The molecule has 1 aliphatic carbocycles. The van der Waals surface area contributed by atoms with Crippen molar-refractivity contribution in [2.75, 3.05) is 57.4 Å². The summed E-state index contributed by atoms with van der Waals surface area (Å²) in [5, 5.41) is 12.4. The predicted molar refractivity (Wildman–Crippen MR) is 205 cm³/mol. The molecule has 1 saturated carbocycles. The largest absolute Gasteiger partial charge is 0.487 e. The molecule has 2 saturated heterocycles. The van der Waals surface area contributed by atoms with E-state index in [1.807, 2.05) is 36.1 Å². The van der Waals surface area contributed by atoms with Crippen molar-refractivity contribution in [3.05, 3.63) is 70.3 Å². The second-order valence-electron chi connectivity index (χ2n) is 15.8. The first-order valence-electron chi connectivity index (χ1n) is 19.2. The van der Waals surface area contributed by atoms with Gasteiger partial charge < -0.3 is 24.4 Å². The SMILES string of the molecule is C[C@@H]1[C@@H](C)C/C=C/[C@@](O)(CC(=O)N2CCN3CCOC[C@H]3C2)[C@@H]2CC[C@H]2CN2CCCCc3cc(Cl)ccc3COc3ccc(cc32)C(=O)NS1(=O)=O. The van der Waals surface area contributed by atoms with Gasteiger partial charge in [0.1, 0.15) is 12.4 Å². The number of anilines is 1. The molecule has 2 aromatic carbocycles. The van der Waals surface area contributed by atoms with Crippen LogP contribution in [0.25, 0.3) is 0 Å². The maximum absolute atomic E-state index is 14.0. The number of hydrogen-bond donors (Lipinski definition) is 2. The summed E-state index contributed by atoms with van der Waals surface area (Å²) >= 11 is 6.37. The lowest BCUT2D eigenvalue weighted by molar-refractivity contribution is -0.145. The zero-order chi connectivity index (χ0) is 37.3. The van der Waals surface area contributed by atoms with Gasteiger partial charge >= 0.3 is 0 Å². The van der Waals surface area contributed by atoms with Gasteiger partial charge in [0, 0.05) is 49.9 Å². The van der Waals surface area contributed by atoms with Crippen molar-refractivity contribution in [2.45, 2.75) is 82.3 Å². The third kappa shape index (κ3) is 8.42. The van der Waals surface area contributed by atoms with Gasteiger partial charge in [-0.15, -0.1) is 0 Å². The van der Waals surface area contributed by atoms with Gasteiger partial charge in [-0.2, -0.15) is 0 Å². The van der Waals surface area contributed by atoms with Crippen LogP contribution in [-0.4, -0.2) is 105 Å². The summed E-state index contributed by atoms with van der Waals surface area (Å²) in [6.07, 6.45) is 8.17. The molecule has 7 rings (SSSR count). The number of allylic oxidation sites excluding steroid dienone is 1. The van der Waals surface area contributed by atoms with Gasteiger partial charge in [-0.25, -0.2) is 13.1 Å². The molecule has 0 unspecified atom stereocenters. The van der Waals surface area contributed by atoms with Crippen LogP contribution in [0, 0.1) is 17.8 Å². The Bertz CT molecular complexity index is 1820. The molecule has 13 heteroatoms. The summed E-state index contributed by atoms with van der Waals surface area (Å²) in [5.41, 5.74) is 1.70. The Hall–Kier alpha value is -3.16. The van der Waals surface area contributed by atoms with Crippen LogP contribution in [0.3, 0.4) is 0 Å².